The number of H-pyrrole nitrogens is 1. The van der Waals surface area contributed by atoms with Gasteiger partial charge in [-0.15, -0.1) is 0 Å². The van der Waals surface area contributed by atoms with Gasteiger partial charge in [0.25, 0.3) is 0 Å². The first-order valence-corrected chi connectivity index (χ1v) is 7.39. The molecule has 0 saturated carbocycles. The number of nitrogens with zero attached hydrogens (tertiary/aromatic N) is 4. The zero-order chi connectivity index (χ0) is 16.1. The van der Waals surface area contributed by atoms with E-state index >= 15 is 0 Å². The average Bonchev–Trinajstić information content (AvgIpc) is 3.34. The highest BCUT2D eigenvalue weighted by molar-refractivity contribution is 6.00. The van der Waals surface area contributed by atoms with Crippen molar-refractivity contribution in [2.24, 2.45) is 0 Å². The van der Waals surface area contributed by atoms with Crippen molar-refractivity contribution in [3.63, 3.8) is 0 Å². The van der Waals surface area contributed by atoms with Crippen LogP contribution in [0.4, 0.5) is 5.82 Å². The van der Waals surface area contributed by atoms with E-state index in [9.17, 15) is 0 Å². The van der Waals surface area contributed by atoms with E-state index in [0.29, 0.717) is 11.4 Å². The summed E-state index contributed by atoms with van der Waals surface area (Å²) in [4.78, 5) is 8.44. The first kappa shape index (κ1) is 12.9. The van der Waals surface area contributed by atoms with E-state index < -0.39 is 0 Å². The molecule has 0 bridgehead atoms. The highest BCUT2D eigenvalue weighted by Crippen LogP contribution is 2.37. The first-order valence-electron chi connectivity index (χ1n) is 7.39. The van der Waals surface area contributed by atoms with Crippen LogP contribution in [0.5, 0.6) is 0 Å². The van der Waals surface area contributed by atoms with Gasteiger partial charge in [-0.05, 0) is 18.2 Å². The number of pyridine rings is 2. The Kier molecular flexibility index (Phi) is 2.52. The molecule has 0 spiro atoms. The summed E-state index contributed by atoms with van der Waals surface area (Å²) < 4.78 is 7.99. The third-order valence-corrected chi connectivity index (χ3v) is 4.11. The topological polar surface area (TPSA) is 98.0 Å². The van der Waals surface area contributed by atoms with Crippen LogP contribution < -0.4 is 5.73 Å². The predicted octanol–water partition coefficient (Wildman–Crippen LogP) is 3.11. The molecule has 5 rings (SSSR count). The summed E-state index contributed by atoms with van der Waals surface area (Å²) in [5.41, 5.74) is 10.4. The summed E-state index contributed by atoms with van der Waals surface area (Å²) in [5, 5.41) is 7.72. The van der Waals surface area contributed by atoms with E-state index in [0.717, 1.165) is 33.4 Å². The zero-order valence-corrected chi connectivity index (χ0v) is 12.5. The number of nitrogens with two attached hydrogens (primary N) is 1. The first-order chi connectivity index (χ1) is 11.8. The van der Waals surface area contributed by atoms with Gasteiger partial charge in [0, 0.05) is 40.7 Å². The van der Waals surface area contributed by atoms with E-state index in [1.165, 1.54) is 0 Å². The number of imidazole rings is 1. The molecule has 0 unspecified atom stereocenters. The molecular weight excluding hydrogens is 304 g/mol. The fourth-order valence-electron chi connectivity index (χ4n) is 2.96. The van der Waals surface area contributed by atoms with Crippen molar-refractivity contribution in [3.8, 4) is 22.5 Å². The minimum absolute atomic E-state index is 0.365. The van der Waals surface area contributed by atoms with Gasteiger partial charge >= 0.3 is 0 Å². The van der Waals surface area contributed by atoms with E-state index in [1.54, 1.807) is 24.9 Å². The number of hydrogen-bond acceptors (Lipinski definition) is 5. The van der Waals surface area contributed by atoms with Crippen molar-refractivity contribution < 1.29 is 4.42 Å². The molecule has 7 heteroatoms. The number of furan rings is 1. The summed E-state index contributed by atoms with van der Waals surface area (Å²) in [5.74, 6) is 1.09. The second-order valence-electron chi connectivity index (χ2n) is 5.51. The number of fused-ring (bicyclic) bond motifs is 2. The molecule has 5 aromatic rings. The molecule has 0 fully saturated rings. The summed E-state index contributed by atoms with van der Waals surface area (Å²) in [6, 6.07) is 5.93. The fourth-order valence-corrected chi connectivity index (χ4v) is 2.96. The second kappa shape index (κ2) is 4.69. The largest absolute Gasteiger partial charge is 0.452 e. The van der Waals surface area contributed by atoms with Crippen LogP contribution in [0.1, 0.15) is 0 Å². The Bertz CT molecular complexity index is 1170. The van der Waals surface area contributed by atoms with Crippen molar-refractivity contribution in [1.29, 1.82) is 0 Å². The van der Waals surface area contributed by atoms with E-state index in [4.69, 9.17) is 10.2 Å². The van der Waals surface area contributed by atoms with Crippen LogP contribution in [0.3, 0.4) is 0 Å². The van der Waals surface area contributed by atoms with Crippen LogP contribution in [0.15, 0.2) is 59.9 Å². The minimum atomic E-state index is 0.365. The molecule has 0 amide bonds. The maximum Gasteiger partial charge on any atom is 0.177 e. The molecule has 0 aliphatic heterocycles. The molecule has 0 saturated heterocycles. The second-order valence-corrected chi connectivity index (χ2v) is 5.51. The Hall–Kier alpha value is -3.61. The van der Waals surface area contributed by atoms with Gasteiger partial charge in [0.15, 0.2) is 11.4 Å². The maximum atomic E-state index is 6.04. The van der Waals surface area contributed by atoms with Crippen LogP contribution in [0, 0.1) is 0 Å². The third-order valence-electron chi connectivity index (χ3n) is 4.11. The number of aromatic amines is 1. The molecule has 5 heterocycles. The van der Waals surface area contributed by atoms with Gasteiger partial charge in [-0.1, -0.05) is 0 Å². The lowest BCUT2D eigenvalue weighted by atomic mass is 10.1. The SMILES string of the molecule is Nc1ncc(-c2cn[nH]c2)c2cc(-c3cccn4cncc34)oc12. The Balaban J connectivity index is 1.81. The minimum Gasteiger partial charge on any atom is -0.452 e. The Morgan fingerprint density at radius 1 is 1.17 bits per heavy atom. The number of nitrogens with one attached hydrogen (secondary N) is 1. The number of hydrogen-bond donors (Lipinski definition) is 2. The van der Waals surface area contributed by atoms with Crippen molar-refractivity contribution in [2.75, 3.05) is 5.73 Å². The Labute approximate surface area is 135 Å². The van der Waals surface area contributed by atoms with E-state index in [-0.39, 0.29) is 0 Å². The lowest BCUT2D eigenvalue weighted by Crippen LogP contribution is -1.90. The number of aromatic nitrogens is 5. The van der Waals surface area contributed by atoms with Crippen molar-refractivity contribution in [2.45, 2.75) is 0 Å². The van der Waals surface area contributed by atoms with Gasteiger partial charge in [-0.25, -0.2) is 9.97 Å². The summed E-state index contributed by atoms with van der Waals surface area (Å²) in [6.45, 7) is 0. The quantitative estimate of drug-likeness (QED) is 0.521. The molecule has 3 N–H and O–H groups in total. The monoisotopic (exact) mass is 316 g/mol. The van der Waals surface area contributed by atoms with Gasteiger partial charge in [-0.3, -0.25) is 5.10 Å². The maximum absolute atomic E-state index is 6.04. The normalized spacial score (nSPS) is 11.5. The smallest absolute Gasteiger partial charge is 0.177 e. The molecule has 0 aliphatic carbocycles. The fraction of sp³-hybridized carbons (Fsp3) is 0. The lowest BCUT2D eigenvalue weighted by Gasteiger charge is -2.00. The van der Waals surface area contributed by atoms with Gasteiger partial charge < -0.3 is 14.6 Å². The number of anilines is 1. The summed E-state index contributed by atoms with van der Waals surface area (Å²) in [6.07, 6.45) is 10.8. The van der Waals surface area contributed by atoms with Crippen LogP contribution in [0.2, 0.25) is 0 Å². The Morgan fingerprint density at radius 2 is 2.12 bits per heavy atom. The highest BCUT2D eigenvalue weighted by atomic mass is 16.3. The van der Waals surface area contributed by atoms with Crippen LogP contribution in [-0.2, 0) is 0 Å². The Morgan fingerprint density at radius 3 is 3.00 bits per heavy atom. The molecular formula is C17H12N6O. The zero-order valence-electron chi connectivity index (χ0n) is 12.5. The molecule has 24 heavy (non-hydrogen) atoms. The van der Waals surface area contributed by atoms with Gasteiger partial charge in [0.1, 0.15) is 5.76 Å². The van der Waals surface area contributed by atoms with Crippen molar-refractivity contribution in [3.05, 3.63) is 55.5 Å². The highest BCUT2D eigenvalue weighted by Gasteiger charge is 2.16. The van der Waals surface area contributed by atoms with Gasteiger partial charge in [-0.2, -0.15) is 5.10 Å². The summed E-state index contributed by atoms with van der Waals surface area (Å²) in [7, 11) is 0. The van der Waals surface area contributed by atoms with Crippen molar-refractivity contribution in [1.82, 2.24) is 24.6 Å². The van der Waals surface area contributed by atoms with Crippen LogP contribution >= 0.6 is 0 Å². The average molecular weight is 316 g/mol. The van der Waals surface area contributed by atoms with Crippen LogP contribution in [-0.4, -0.2) is 24.6 Å². The predicted molar refractivity (Wildman–Crippen MR) is 90.2 cm³/mol. The number of nitrogen functional groups attached to an aromatic ring is 1. The third kappa shape index (κ3) is 1.75. The van der Waals surface area contributed by atoms with Gasteiger partial charge in [0.2, 0.25) is 0 Å². The van der Waals surface area contributed by atoms with E-state index in [2.05, 4.69) is 20.2 Å². The molecule has 0 aliphatic rings. The molecule has 0 atom stereocenters. The standard InChI is InChI=1S/C17H12N6O/c18-17-16-12(13(7-20-17)10-5-21-22-6-10)4-15(24-16)11-2-1-3-23-9-19-8-14(11)23/h1-9H,(H2,18,20)(H,21,22). The lowest BCUT2D eigenvalue weighted by molar-refractivity contribution is 0.632. The molecule has 0 radical (unpaired) electrons. The van der Waals surface area contributed by atoms with Crippen LogP contribution in [0.25, 0.3) is 38.9 Å². The van der Waals surface area contributed by atoms with Crippen molar-refractivity contribution >= 4 is 22.3 Å². The molecule has 7 nitrogen and oxygen atoms in total. The number of rotatable bonds is 2. The van der Waals surface area contributed by atoms with Gasteiger partial charge in [0.05, 0.1) is 24.2 Å². The molecule has 0 aromatic carbocycles. The van der Waals surface area contributed by atoms with E-state index in [1.807, 2.05) is 35.0 Å². The molecule has 116 valence electrons. The molecule has 5 aromatic heterocycles. The summed E-state index contributed by atoms with van der Waals surface area (Å²) >= 11 is 0.